The van der Waals surface area contributed by atoms with Crippen LogP contribution >= 0.6 is 0 Å². The average Bonchev–Trinajstić information content (AvgIpc) is 2.75. The molecular weight excluding hydrogens is 234 g/mol. The first-order chi connectivity index (χ1) is 8.98. The molecule has 0 unspecified atom stereocenters. The third-order valence-corrected chi connectivity index (χ3v) is 4.67. The second-order valence-electron chi connectivity index (χ2n) is 6.83. The molecule has 3 rings (SSSR count). The Morgan fingerprint density at radius 3 is 2.21 bits per heavy atom. The molecule has 1 aromatic heterocycles. The molecule has 3 nitrogen and oxygen atoms in total. The van der Waals surface area contributed by atoms with E-state index in [4.69, 9.17) is 0 Å². The Balaban J connectivity index is 0.000000637. The van der Waals surface area contributed by atoms with E-state index in [0.29, 0.717) is 0 Å². The maximum absolute atomic E-state index is 4.42. The van der Waals surface area contributed by atoms with Gasteiger partial charge in [-0.2, -0.15) is 0 Å². The van der Waals surface area contributed by atoms with E-state index < -0.39 is 0 Å². The predicted molar refractivity (Wildman–Crippen MR) is 79.2 cm³/mol. The number of fused-ring (bicyclic) bond motifs is 2. The molecule has 1 heterocycles. The lowest BCUT2D eigenvalue weighted by Crippen LogP contribution is -2.26. The van der Waals surface area contributed by atoms with Gasteiger partial charge in [0.2, 0.25) is 0 Å². The maximum atomic E-state index is 4.42. The van der Waals surface area contributed by atoms with Crippen molar-refractivity contribution in [3.05, 3.63) is 11.4 Å². The van der Waals surface area contributed by atoms with Crippen molar-refractivity contribution >= 4 is 0 Å². The maximum Gasteiger partial charge on any atom is 0.0859 e. The standard InChI is InChI=1S/C14H23N3.C2H6/c1-9-10-5-7-12-13(8-6-11(9)10)17(16-15-12)14(2,3)4;1-2/h9-11H,5-8H2,1-4H3;1-2H3/t9-,10+,11-;/m1./s1. The molecule has 0 amide bonds. The molecule has 108 valence electrons. The van der Waals surface area contributed by atoms with Crippen molar-refractivity contribution in [2.75, 3.05) is 0 Å². The van der Waals surface area contributed by atoms with Gasteiger partial charge in [0.25, 0.3) is 0 Å². The van der Waals surface area contributed by atoms with E-state index in [0.717, 1.165) is 24.2 Å². The molecule has 0 saturated heterocycles. The fourth-order valence-corrected chi connectivity index (χ4v) is 3.51. The van der Waals surface area contributed by atoms with E-state index in [2.05, 4.69) is 42.7 Å². The fraction of sp³-hybridized carbons (Fsp3) is 0.875. The number of aryl methyl sites for hydroxylation is 1. The number of hydrogen-bond donors (Lipinski definition) is 0. The Hall–Kier alpha value is -0.860. The van der Waals surface area contributed by atoms with Gasteiger partial charge in [-0.1, -0.05) is 26.0 Å². The molecule has 19 heavy (non-hydrogen) atoms. The van der Waals surface area contributed by atoms with E-state index >= 15 is 0 Å². The SMILES string of the molecule is CC.C[C@H]1[C@H]2CCc3c(nnn3C(C)(C)C)CC[C@@H]12. The summed E-state index contributed by atoms with van der Waals surface area (Å²) in [4.78, 5) is 0. The van der Waals surface area contributed by atoms with E-state index in [1.165, 1.54) is 30.7 Å². The zero-order valence-electron chi connectivity index (χ0n) is 13.4. The lowest BCUT2D eigenvalue weighted by Gasteiger charge is -2.22. The van der Waals surface area contributed by atoms with E-state index in [1.54, 1.807) is 0 Å². The minimum absolute atomic E-state index is 0.0638. The summed E-state index contributed by atoms with van der Waals surface area (Å²) in [6, 6.07) is 0. The highest BCUT2D eigenvalue weighted by molar-refractivity contribution is 5.16. The zero-order valence-corrected chi connectivity index (χ0v) is 13.4. The first kappa shape index (κ1) is 14.5. The van der Waals surface area contributed by atoms with Gasteiger partial charge in [0, 0.05) is 0 Å². The summed E-state index contributed by atoms with van der Waals surface area (Å²) in [7, 11) is 0. The molecule has 2 aliphatic carbocycles. The van der Waals surface area contributed by atoms with Gasteiger partial charge < -0.3 is 0 Å². The van der Waals surface area contributed by atoms with Crippen molar-refractivity contribution in [2.24, 2.45) is 17.8 Å². The lowest BCUT2D eigenvalue weighted by atomic mass is 10.00. The summed E-state index contributed by atoms with van der Waals surface area (Å²) >= 11 is 0. The number of nitrogens with zero attached hydrogens (tertiary/aromatic N) is 3. The van der Waals surface area contributed by atoms with Crippen molar-refractivity contribution in [3.8, 4) is 0 Å². The monoisotopic (exact) mass is 263 g/mol. The molecule has 0 aromatic carbocycles. The second-order valence-corrected chi connectivity index (χ2v) is 6.83. The van der Waals surface area contributed by atoms with Crippen LogP contribution in [0.5, 0.6) is 0 Å². The van der Waals surface area contributed by atoms with E-state index in [1.807, 2.05) is 13.8 Å². The van der Waals surface area contributed by atoms with Crippen molar-refractivity contribution in [3.63, 3.8) is 0 Å². The van der Waals surface area contributed by atoms with Gasteiger partial charge in [-0.3, -0.25) is 0 Å². The summed E-state index contributed by atoms with van der Waals surface area (Å²) in [6.07, 6.45) is 4.96. The molecule has 0 spiro atoms. The Morgan fingerprint density at radius 2 is 1.63 bits per heavy atom. The normalized spacial score (nSPS) is 29.3. The Labute approximate surface area is 117 Å². The number of rotatable bonds is 0. The smallest absolute Gasteiger partial charge is 0.0859 e. The van der Waals surface area contributed by atoms with Crippen molar-refractivity contribution < 1.29 is 0 Å². The number of hydrogen-bond acceptors (Lipinski definition) is 2. The Kier molecular flexibility index (Phi) is 4.03. The highest BCUT2D eigenvalue weighted by atomic mass is 15.5. The molecule has 0 aliphatic heterocycles. The first-order valence-corrected chi connectivity index (χ1v) is 7.92. The predicted octanol–water partition coefficient (Wildman–Crippen LogP) is 3.82. The van der Waals surface area contributed by atoms with Crippen molar-refractivity contribution in [1.29, 1.82) is 0 Å². The second kappa shape index (κ2) is 5.26. The summed E-state index contributed by atoms with van der Waals surface area (Å²) in [5.74, 6) is 2.91. The van der Waals surface area contributed by atoms with Gasteiger partial charge in [0.15, 0.2) is 0 Å². The van der Waals surface area contributed by atoms with Crippen LogP contribution in [0.2, 0.25) is 0 Å². The van der Waals surface area contributed by atoms with E-state index in [-0.39, 0.29) is 5.54 Å². The minimum atomic E-state index is 0.0638. The number of aromatic nitrogens is 3. The molecule has 0 bridgehead atoms. The van der Waals surface area contributed by atoms with Crippen LogP contribution in [0.4, 0.5) is 0 Å². The average molecular weight is 263 g/mol. The molecule has 1 fully saturated rings. The molecule has 3 atom stereocenters. The fourth-order valence-electron chi connectivity index (χ4n) is 3.51. The molecule has 0 radical (unpaired) electrons. The van der Waals surface area contributed by atoms with Crippen LogP contribution in [0.1, 0.15) is 65.8 Å². The summed E-state index contributed by atoms with van der Waals surface area (Å²) < 4.78 is 2.15. The zero-order chi connectivity index (χ0) is 14.2. The molecule has 1 aromatic rings. The quantitative estimate of drug-likeness (QED) is 0.712. The largest absolute Gasteiger partial charge is 0.244 e. The van der Waals surface area contributed by atoms with Gasteiger partial charge in [0.1, 0.15) is 0 Å². The van der Waals surface area contributed by atoms with Crippen molar-refractivity contribution in [2.45, 2.75) is 72.8 Å². The van der Waals surface area contributed by atoms with Crippen molar-refractivity contribution in [1.82, 2.24) is 15.0 Å². The molecule has 0 N–H and O–H groups in total. The highest BCUT2D eigenvalue weighted by Crippen LogP contribution is 2.52. The van der Waals surface area contributed by atoms with Gasteiger partial charge in [0.05, 0.1) is 16.9 Å². The Morgan fingerprint density at radius 1 is 1.05 bits per heavy atom. The van der Waals surface area contributed by atoms with Gasteiger partial charge in [-0.05, 0) is 64.2 Å². The minimum Gasteiger partial charge on any atom is -0.244 e. The first-order valence-electron chi connectivity index (χ1n) is 7.92. The van der Waals surface area contributed by atoms with Crippen LogP contribution in [-0.2, 0) is 18.4 Å². The summed E-state index contributed by atoms with van der Waals surface area (Å²) in [5.41, 5.74) is 2.72. The van der Waals surface area contributed by atoms with Crippen LogP contribution in [0.25, 0.3) is 0 Å². The van der Waals surface area contributed by atoms with Gasteiger partial charge in [-0.15, -0.1) is 5.10 Å². The molecule has 2 aliphatic rings. The lowest BCUT2D eigenvalue weighted by molar-refractivity contribution is 0.333. The summed E-state index contributed by atoms with van der Waals surface area (Å²) in [6.45, 7) is 13.0. The van der Waals surface area contributed by atoms with Gasteiger partial charge >= 0.3 is 0 Å². The molecule has 1 saturated carbocycles. The van der Waals surface area contributed by atoms with Crippen LogP contribution in [0.15, 0.2) is 0 Å². The Bertz CT molecular complexity index is 428. The third-order valence-electron chi connectivity index (χ3n) is 4.67. The molecule has 3 heteroatoms. The van der Waals surface area contributed by atoms with Crippen LogP contribution in [0.3, 0.4) is 0 Å². The third kappa shape index (κ3) is 2.70. The molecular formula is C16H29N3. The van der Waals surface area contributed by atoms with Gasteiger partial charge in [-0.25, -0.2) is 4.68 Å². The topological polar surface area (TPSA) is 30.7 Å². The highest BCUT2D eigenvalue weighted by Gasteiger charge is 2.46. The van der Waals surface area contributed by atoms with Crippen LogP contribution in [0, 0.1) is 17.8 Å². The van der Waals surface area contributed by atoms with E-state index in [9.17, 15) is 0 Å². The van der Waals surface area contributed by atoms with Crippen LogP contribution < -0.4 is 0 Å². The summed E-state index contributed by atoms with van der Waals surface area (Å²) in [5, 5.41) is 8.79. The van der Waals surface area contributed by atoms with Crippen LogP contribution in [-0.4, -0.2) is 15.0 Å².